The van der Waals surface area contributed by atoms with Crippen LogP contribution in [0.25, 0.3) is 10.9 Å². The third kappa shape index (κ3) is 3.12. The summed E-state index contributed by atoms with van der Waals surface area (Å²) >= 11 is 1.04. The van der Waals surface area contributed by atoms with Gasteiger partial charge in [0, 0.05) is 18.5 Å². The minimum Gasteiger partial charge on any atom is -0.496 e. The number of carbonyl (C=O) groups is 1. The largest absolute Gasteiger partial charge is 0.496 e. The van der Waals surface area contributed by atoms with Crippen LogP contribution in [0.3, 0.4) is 0 Å². The number of nitrogens with zero attached hydrogens (tertiary/aromatic N) is 1. The highest BCUT2D eigenvalue weighted by Gasteiger charge is 2.23. The smallest absolute Gasteiger partial charge is 0.268 e. The maximum absolute atomic E-state index is 13.1. The Kier molecular flexibility index (Phi) is 4.86. The molecule has 0 aliphatic rings. The molecular formula is C19H19NO4S2. The Morgan fingerprint density at radius 1 is 1.12 bits per heavy atom. The SMILES string of the molecule is COc1cc(C)c2c(ccn2S(=O)(=O)c2ccc(C)cc2)c1SC(C)=O. The molecule has 136 valence electrons. The minimum atomic E-state index is -3.74. The van der Waals surface area contributed by atoms with Gasteiger partial charge in [0.15, 0.2) is 5.12 Å². The topological polar surface area (TPSA) is 65.4 Å². The van der Waals surface area contributed by atoms with Crippen molar-refractivity contribution >= 4 is 37.8 Å². The Morgan fingerprint density at radius 3 is 2.35 bits per heavy atom. The molecule has 2 aromatic carbocycles. The first-order chi connectivity index (χ1) is 12.3. The summed E-state index contributed by atoms with van der Waals surface area (Å²) in [6.45, 7) is 5.20. The zero-order valence-electron chi connectivity index (χ0n) is 14.9. The molecule has 0 saturated heterocycles. The number of ether oxygens (including phenoxy) is 1. The highest BCUT2D eigenvalue weighted by molar-refractivity contribution is 8.13. The zero-order valence-corrected chi connectivity index (χ0v) is 16.6. The molecule has 5 nitrogen and oxygen atoms in total. The molecule has 0 fully saturated rings. The summed E-state index contributed by atoms with van der Waals surface area (Å²) in [5.41, 5.74) is 2.29. The monoisotopic (exact) mass is 389 g/mol. The highest BCUT2D eigenvalue weighted by Crippen LogP contribution is 2.40. The Hall–Kier alpha value is -2.25. The minimum absolute atomic E-state index is 0.0948. The molecule has 0 bridgehead atoms. The van der Waals surface area contributed by atoms with E-state index in [-0.39, 0.29) is 10.0 Å². The van der Waals surface area contributed by atoms with Gasteiger partial charge in [-0.3, -0.25) is 4.79 Å². The lowest BCUT2D eigenvalue weighted by Gasteiger charge is -2.13. The number of rotatable bonds is 4. The summed E-state index contributed by atoms with van der Waals surface area (Å²) in [4.78, 5) is 12.5. The molecule has 0 saturated carbocycles. The van der Waals surface area contributed by atoms with Gasteiger partial charge in [-0.15, -0.1) is 0 Å². The number of hydrogen-bond donors (Lipinski definition) is 0. The average molecular weight is 389 g/mol. The summed E-state index contributed by atoms with van der Waals surface area (Å²) in [6.07, 6.45) is 1.52. The van der Waals surface area contributed by atoms with E-state index in [1.807, 2.05) is 13.8 Å². The average Bonchev–Trinajstić information content (AvgIpc) is 3.04. The molecule has 0 amide bonds. The van der Waals surface area contributed by atoms with Crippen molar-refractivity contribution in [2.45, 2.75) is 30.6 Å². The van der Waals surface area contributed by atoms with Crippen LogP contribution in [-0.4, -0.2) is 24.6 Å². The molecule has 3 rings (SSSR count). The van der Waals surface area contributed by atoms with Crippen LogP contribution in [0.1, 0.15) is 18.1 Å². The Labute approximate surface area is 157 Å². The van der Waals surface area contributed by atoms with Gasteiger partial charge in [0.1, 0.15) is 5.75 Å². The van der Waals surface area contributed by atoms with Gasteiger partial charge >= 0.3 is 0 Å². The molecule has 0 spiro atoms. The van der Waals surface area contributed by atoms with Gasteiger partial charge in [0.05, 0.1) is 22.4 Å². The molecule has 1 heterocycles. The van der Waals surface area contributed by atoms with Crippen LogP contribution in [0.5, 0.6) is 5.75 Å². The van der Waals surface area contributed by atoms with Crippen LogP contribution in [0.15, 0.2) is 52.4 Å². The lowest BCUT2D eigenvalue weighted by Crippen LogP contribution is -2.12. The van der Waals surface area contributed by atoms with Crippen molar-refractivity contribution in [3.05, 3.63) is 53.7 Å². The summed E-state index contributed by atoms with van der Waals surface area (Å²) in [5, 5.41) is 0.584. The van der Waals surface area contributed by atoms with Crippen molar-refractivity contribution < 1.29 is 17.9 Å². The van der Waals surface area contributed by atoms with Gasteiger partial charge in [-0.2, -0.15) is 0 Å². The number of aromatic nitrogens is 1. The maximum atomic E-state index is 13.1. The number of fused-ring (bicyclic) bond motifs is 1. The third-order valence-electron chi connectivity index (χ3n) is 4.09. The third-order valence-corrected chi connectivity index (χ3v) is 6.69. The van der Waals surface area contributed by atoms with Crippen LogP contribution >= 0.6 is 11.8 Å². The van der Waals surface area contributed by atoms with Gasteiger partial charge in [0.25, 0.3) is 10.0 Å². The predicted octanol–water partition coefficient (Wildman–Crippen LogP) is 4.14. The summed E-state index contributed by atoms with van der Waals surface area (Å²) in [5.74, 6) is 0.556. The molecule has 26 heavy (non-hydrogen) atoms. The lowest BCUT2D eigenvalue weighted by molar-refractivity contribution is -0.109. The first-order valence-corrected chi connectivity index (χ1v) is 10.2. The van der Waals surface area contributed by atoms with Gasteiger partial charge < -0.3 is 4.74 Å². The molecule has 0 aliphatic heterocycles. The molecule has 7 heteroatoms. The van der Waals surface area contributed by atoms with Crippen LogP contribution < -0.4 is 4.74 Å². The van der Waals surface area contributed by atoms with E-state index >= 15 is 0 Å². The Bertz CT molecular complexity index is 1100. The number of methoxy groups -OCH3 is 1. The van der Waals surface area contributed by atoms with Gasteiger partial charge in [-0.1, -0.05) is 17.7 Å². The van der Waals surface area contributed by atoms with Crippen molar-refractivity contribution in [3.63, 3.8) is 0 Å². The first kappa shape index (κ1) is 18.5. The summed E-state index contributed by atoms with van der Waals surface area (Å²) in [6, 6.07) is 10.2. The second-order valence-electron chi connectivity index (χ2n) is 6.01. The molecule has 0 unspecified atom stereocenters. The van der Waals surface area contributed by atoms with Crippen LogP contribution in [0.4, 0.5) is 0 Å². The van der Waals surface area contributed by atoms with Crippen LogP contribution in [0, 0.1) is 13.8 Å². The number of thioether (sulfide) groups is 1. The van der Waals surface area contributed by atoms with Crippen molar-refractivity contribution in [1.82, 2.24) is 3.97 Å². The van der Waals surface area contributed by atoms with Gasteiger partial charge in [0.2, 0.25) is 0 Å². The lowest BCUT2D eigenvalue weighted by atomic mass is 10.1. The molecule has 0 aliphatic carbocycles. The molecule has 0 N–H and O–H groups in total. The van der Waals surface area contributed by atoms with E-state index in [1.54, 1.807) is 36.4 Å². The van der Waals surface area contributed by atoms with Crippen molar-refractivity contribution in [3.8, 4) is 5.75 Å². The molecule has 0 atom stereocenters. The second kappa shape index (κ2) is 6.81. The summed E-state index contributed by atoms with van der Waals surface area (Å²) < 4.78 is 32.9. The zero-order chi connectivity index (χ0) is 19.1. The molecule has 0 radical (unpaired) electrons. The van der Waals surface area contributed by atoms with Gasteiger partial charge in [-0.05, 0) is 55.4 Å². The summed E-state index contributed by atoms with van der Waals surface area (Å²) in [7, 11) is -2.21. The fourth-order valence-electron chi connectivity index (χ4n) is 2.87. The highest BCUT2D eigenvalue weighted by atomic mass is 32.2. The number of hydrogen-bond acceptors (Lipinski definition) is 5. The molecule has 3 aromatic rings. The van der Waals surface area contributed by atoms with E-state index < -0.39 is 10.0 Å². The fraction of sp³-hybridized carbons (Fsp3) is 0.211. The second-order valence-corrected chi connectivity index (χ2v) is 9.01. The number of benzene rings is 2. The number of aryl methyl sites for hydroxylation is 2. The van der Waals surface area contributed by atoms with E-state index in [4.69, 9.17) is 4.74 Å². The van der Waals surface area contributed by atoms with E-state index in [0.29, 0.717) is 21.5 Å². The Morgan fingerprint density at radius 2 is 1.77 bits per heavy atom. The van der Waals surface area contributed by atoms with Crippen molar-refractivity contribution in [2.24, 2.45) is 0 Å². The standard InChI is InChI=1S/C19H19NO4S2/c1-12-5-7-15(8-6-12)26(22,23)20-10-9-16-18(20)13(2)11-17(24-4)19(16)25-14(3)21/h5-11H,1-4H3. The quantitative estimate of drug-likeness (QED) is 0.628. The van der Waals surface area contributed by atoms with Crippen molar-refractivity contribution in [2.75, 3.05) is 7.11 Å². The fourth-order valence-corrected chi connectivity index (χ4v) is 5.09. The van der Waals surface area contributed by atoms with Crippen molar-refractivity contribution in [1.29, 1.82) is 0 Å². The van der Waals surface area contributed by atoms with Gasteiger partial charge in [-0.25, -0.2) is 12.4 Å². The normalized spacial score (nSPS) is 11.7. The van der Waals surface area contributed by atoms with Crippen LogP contribution in [0.2, 0.25) is 0 Å². The van der Waals surface area contributed by atoms with Crippen LogP contribution in [-0.2, 0) is 14.8 Å². The maximum Gasteiger partial charge on any atom is 0.268 e. The van der Waals surface area contributed by atoms with E-state index in [2.05, 4.69) is 0 Å². The predicted molar refractivity (Wildman–Crippen MR) is 104 cm³/mol. The van der Waals surface area contributed by atoms with E-state index in [0.717, 1.165) is 22.9 Å². The number of carbonyl (C=O) groups excluding carboxylic acids is 1. The first-order valence-electron chi connectivity index (χ1n) is 7.95. The van der Waals surface area contributed by atoms with E-state index in [1.165, 1.54) is 24.2 Å². The molecule has 1 aromatic heterocycles. The Balaban J connectivity index is 2.29. The molecular weight excluding hydrogens is 370 g/mol. The van der Waals surface area contributed by atoms with E-state index in [9.17, 15) is 13.2 Å².